The lowest BCUT2D eigenvalue weighted by Gasteiger charge is -2.07. The highest BCUT2D eigenvalue weighted by Crippen LogP contribution is 2.04. The zero-order chi connectivity index (χ0) is 14.9. The molecular formula is C15H19N5O. The van der Waals surface area contributed by atoms with Crippen LogP contribution in [0.15, 0.2) is 36.8 Å². The second-order valence-electron chi connectivity index (χ2n) is 4.59. The van der Waals surface area contributed by atoms with Crippen molar-refractivity contribution in [3.8, 4) is 0 Å². The van der Waals surface area contributed by atoms with E-state index in [1.165, 1.54) is 0 Å². The first kappa shape index (κ1) is 14.9. The van der Waals surface area contributed by atoms with Gasteiger partial charge in [-0.25, -0.2) is 9.97 Å². The molecule has 2 N–H and O–H groups in total. The zero-order valence-corrected chi connectivity index (χ0v) is 12.0. The van der Waals surface area contributed by atoms with Gasteiger partial charge in [0.1, 0.15) is 5.69 Å². The minimum atomic E-state index is -0.171. The molecule has 6 heteroatoms. The van der Waals surface area contributed by atoms with Crippen molar-refractivity contribution in [2.45, 2.75) is 26.3 Å². The van der Waals surface area contributed by atoms with Crippen LogP contribution in [0.25, 0.3) is 0 Å². The van der Waals surface area contributed by atoms with E-state index in [0.29, 0.717) is 24.7 Å². The summed E-state index contributed by atoms with van der Waals surface area (Å²) in [5, 5.41) is 5.92. The molecule has 6 nitrogen and oxygen atoms in total. The lowest BCUT2D eigenvalue weighted by molar-refractivity contribution is 0.0948. The number of unbranched alkanes of at least 4 members (excludes halogenated alkanes) is 1. The minimum Gasteiger partial charge on any atom is -0.351 e. The largest absolute Gasteiger partial charge is 0.351 e. The first-order valence-electron chi connectivity index (χ1n) is 7.03. The van der Waals surface area contributed by atoms with Crippen LogP contribution in [0.1, 0.15) is 35.8 Å². The van der Waals surface area contributed by atoms with Gasteiger partial charge in [-0.15, -0.1) is 0 Å². The van der Waals surface area contributed by atoms with Crippen molar-refractivity contribution < 1.29 is 4.79 Å². The molecule has 0 aliphatic rings. The van der Waals surface area contributed by atoms with Crippen LogP contribution >= 0.6 is 0 Å². The van der Waals surface area contributed by atoms with Gasteiger partial charge in [0.2, 0.25) is 5.95 Å². The van der Waals surface area contributed by atoms with Crippen LogP contribution in [0.3, 0.4) is 0 Å². The number of amides is 1. The fourth-order valence-electron chi connectivity index (χ4n) is 1.72. The van der Waals surface area contributed by atoms with E-state index < -0.39 is 0 Å². The van der Waals surface area contributed by atoms with Crippen molar-refractivity contribution in [2.75, 3.05) is 11.9 Å². The number of anilines is 1. The summed E-state index contributed by atoms with van der Waals surface area (Å²) in [6.45, 7) is 3.31. The Kier molecular flexibility index (Phi) is 5.63. The monoisotopic (exact) mass is 285 g/mol. The van der Waals surface area contributed by atoms with E-state index in [4.69, 9.17) is 0 Å². The second kappa shape index (κ2) is 7.94. The highest BCUT2D eigenvalue weighted by molar-refractivity contribution is 5.92. The summed E-state index contributed by atoms with van der Waals surface area (Å²) in [5.41, 5.74) is 1.40. The summed E-state index contributed by atoms with van der Waals surface area (Å²) in [6.07, 6.45) is 7.08. The van der Waals surface area contributed by atoms with E-state index in [1.807, 2.05) is 12.1 Å². The molecule has 2 aromatic heterocycles. The molecule has 2 heterocycles. The van der Waals surface area contributed by atoms with Crippen LogP contribution in [-0.4, -0.2) is 27.4 Å². The van der Waals surface area contributed by atoms with Crippen LogP contribution < -0.4 is 10.6 Å². The van der Waals surface area contributed by atoms with Gasteiger partial charge in [0, 0.05) is 31.7 Å². The Hall–Kier alpha value is -2.50. The third kappa shape index (κ3) is 4.83. The van der Waals surface area contributed by atoms with Crippen molar-refractivity contribution in [3.05, 3.63) is 48.0 Å². The predicted octanol–water partition coefficient (Wildman–Crippen LogP) is 2.01. The average Bonchev–Trinajstić information content (AvgIpc) is 2.54. The molecule has 0 saturated carbocycles. The maximum absolute atomic E-state index is 11.9. The number of rotatable bonds is 7. The molecule has 0 saturated heterocycles. The van der Waals surface area contributed by atoms with Crippen LogP contribution in [0.2, 0.25) is 0 Å². The fourth-order valence-corrected chi connectivity index (χ4v) is 1.72. The molecule has 110 valence electrons. The summed E-state index contributed by atoms with van der Waals surface area (Å²) < 4.78 is 0. The Morgan fingerprint density at radius 1 is 1.29 bits per heavy atom. The summed E-state index contributed by atoms with van der Waals surface area (Å²) in [6, 6.07) is 5.44. The maximum atomic E-state index is 11.9. The third-order valence-electron chi connectivity index (χ3n) is 2.88. The lowest BCUT2D eigenvalue weighted by atomic mass is 10.3. The van der Waals surface area contributed by atoms with Crippen LogP contribution in [-0.2, 0) is 6.54 Å². The molecule has 21 heavy (non-hydrogen) atoms. The van der Waals surface area contributed by atoms with Crippen LogP contribution in [0.5, 0.6) is 0 Å². The first-order chi connectivity index (χ1) is 10.3. The van der Waals surface area contributed by atoms with Crippen LogP contribution in [0.4, 0.5) is 5.95 Å². The second-order valence-corrected chi connectivity index (χ2v) is 4.59. The van der Waals surface area contributed by atoms with Gasteiger partial charge in [0.25, 0.3) is 5.91 Å². The topological polar surface area (TPSA) is 79.8 Å². The van der Waals surface area contributed by atoms with Crippen LogP contribution in [0, 0.1) is 0 Å². The fraction of sp³-hybridized carbons (Fsp3) is 0.333. The third-order valence-corrected chi connectivity index (χ3v) is 2.88. The Morgan fingerprint density at radius 3 is 2.95 bits per heavy atom. The predicted molar refractivity (Wildman–Crippen MR) is 80.8 cm³/mol. The molecule has 0 bridgehead atoms. The number of hydrogen-bond donors (Lipinski definition) is 2. The van der Waals surface area contributed by atoms with Gasteiger partial charge in [-0.2, -0.15) is 0 Å². The van der Waals surface area contributed by atoms with E-state index in [0.717, 1.165) is 18.4 Å². The van der Waals surface area contributed by atoms with Crippen molar-refractivity contribution in [1.82, 2.24) is 20.3 Å². The van der Waals surface area contributed by atoms with Crippen molar-refractivity contribution in [3.63, 3.8) is 0 Å². The van der Waals surface area contributed by atoms with Crippen molar-refractivity contribution in [2.24, 2.45) is 0 Å². The molecule has 0 spiro atoms. The van der Waals surface area contributed by atoms with Gasteiger partial charge < -0.3 is 10.6 Å². The molecule has 0 aliphatic heterocycles. The molecule has 0 atom stereocenters. The highest BCUT2D eigenvalue weighted by Gasteiger charge is 2.07. The first-order valence-corrected chi connectivity index (χ1v) is 7.03. The van der Waals surface area contributed by atoms with E-state index in [1.54, 1.807) is 24.7 Å². The molecule has 0 fully saturated rings. The number of pyridine rings is 1. The normalized spacial score (nSPS) is 10.1. The highest BCUT2D eigenvalue weighted by atomic mass is 16.1. The smallest absolute Gasteiger partial charge is 0.270 e. The number of carbonyl (C=O) groups excluding carboxylic acids is 1. The number of aromatic nitrogens is 3. The molecule has 0 unspecified atom stereocenters. The standard InChI is InChI=1S/C15H19N5O/c1-2-3-8-17-14(21)13-6-9-18-15(20-13)19-11-12-5-4-7-16-10-12/h4-7,9-10H,2-3,8,11H2,1H3,(H,17,21)(H,18,19,20). The number of nitrogens with one attached hydrogen (secondary N) is 2. The summed E-state index contributed by atoms with van der Waals surface area (Å²) in [7, 11) is 0. The van der Waals surface area contributed by atoms with Gasteiger partial charge in [-0.1, -0.05) is 19.4 Å². The number of carbonyl (C=O) groups is 1. The molecule has 0 aromatic carbocycles. The van der Waals surface area contributed by atoms with Gasteiger partial charge >= 0.3 is 0 Å². The van der Waals surface area contributed by atoms with E-state index in [9.17, 15) is 4.79 Å². The summed E-state index contributed by atoms with van der Waals surface area (Å²) in [4.78, 5) is 24.3. The van der Waals surface area contributed by atoms with Gasteiger partial charge in [-0.3, -0.25) is 9.78 Å². The summed E-state index contributed by atoms with van der Waals surface area (Å²) >= 11 is 0. The summed E-state index contributed by atoms with van der Waals surface area (Å²) in [5.74, 6) is 0.261. The van der Waals surface area contributed by atoms with Gasteiger partial charge in [0.05, 0.1) is 0 Å². The minimum absolute atomic E-state index is 0.171. The molecule has 1 amide bonds. The van der Waals surface area contributed by atoms with Gasteiger partial charge in [-0.05, 0) is 24.1 Å². The number of nitrogens with zero attached hydrogens (tertiary/aromatic N) is 3. The van der Waals surface area contributed by atoms with Crippen molar-refractivity contribution >= 4 is 11.9 Å². The SMILES string of the molecule is CCCCNC(=O)c1ccnc(NCc2cccnc2)n1. The maximum Gasteiger partial charge on any atom is 0.270 e. The number of hydrogen-bond acceptors (Lipinski definition) is 5. The van der Waals surface area contributed by atoms with E-state index in [-0.39, 0.29) is 5.91 Å². The molecule has 0 radical (unpaired) electrons. The van der Waals surface area contributed by atoms with Crippen molar-refractivity contribution in [1.29, 1.82) is 0 Å². The van der Waals surface area contributed by atoms with Gasteiger partial charge in [0.15, 0.2) is 0 Å². The Morgan fingerprint density at radius 2 is 2.19 bits per heavy atom. The Bertz CT molecular complexity index is 573. The Labute approximate surface area is 124 Å². The molecule has 0 aliphatic carbocycles. The molecule has 2 rings (SSSR count). The van der Waals surface area contributed by atoms with E-state index in [2.05, 4.69) is 32.5 Å². The quantitative estimate of drug-likeness (QED) is 0.761. The van der Waals surface area contributed by atoms with E-state index >= 15 is 0 Å². The average molecular weight is 285 g/mol. The lowest BCUT2D eigenvalue weighted by Crippen LogP contribution is -2.25. The Balaban J connectivity index is 1.92. The zero-order valence-electron chi connectivity index (χ0n) is 12.0. The molecular weight excluding hydrogens is 266 g/mol. The molecule has 2 aromatic rings.